The Morgan fingerprint density at radius 2 is 1.81 bits per heavy atom. The normalized spacial score (nSPS) is 14.2. The van der Waals surface area contributed by atoms with Crippen molar-refractivity contribution in [2.24, 2.45) is 0 Å². The third-order valence-corrected chi connectivity index (χ3v) is 4.76. The summed E-state index contributed by atoms with van der Waals surface area (Å²) in [7, 11) is 0. The van der Waals surface area contributed by atoms with Gasteiger partial charge < -0.3 is 15.5 Å². The first-order valence-electron chi connectivity index (χ1n) is 10.1. The highest BCUT2D eigenvalue weighted by Gasteiger charge is 2.19. The predicted octanol–water partition coefficient (Wildman–Crippen LogP) is 4.34. The largest absolute Gasteiger partial charge is 0.371 e. The molecule has 0 spiro atoms. The minimum absolute atomic E-state index is 0.0177. The zero-order valence-corrected chi connectivity index (χ0v) is 16.3. The highest BCUT2D eigenvalue weighted by Crippen LogP contribution is 2.27. The number of carbonyl (C=O) groups excluding carboxylic acids is 2. The molecule has 0 unspecified atom stereocenters. The molecule has 1 fully saturated rings. The van der Waals surface area contributed by atoms with Crippen molar-refractivity contribution in [3.8, 4) is 0 Å². The smallest absolute Gasteiger partial charge is 0.253 e. The summed E-state index contributed by atoms with van der Waals surface area (Å²) < 4.78 is 0. The molecule has 2 N–H and O–H groups in total. The second-order valence-electron chi connectivity index (χ2n) is 7.04. The average molecular weight is 360 g/mol. The Kier molecular flexibility index (Phi) is 8.45. The summed E-state index contributed by atoms with van der Waals surface area (Å²) in [5.74, 6) is -0.0430. The average Bonchev–Trinajstić information content (AvgIpc) is 2.67. The topological polar surface area (TPSA) is 61.4 Å². The third kappa shape index (κ3) is 6.04. The van der Waals surface area contributed by atoms with Crippen LogP contribution in [0.25, 0.3) is 0 Å². The zero-order valence-electron chi connectivity index (χ0n) is 16.3. The molecular weight excluding hydrogens is 326 g/mol. The number of carbonyl (C=O) groups is 2. The van der Waals surface area contributed by atoms with Crippen molar-refractivity contribution in [1.82, 2.24) is 5.32 Å². The maximum atomic E-state index is 12.7. The van der Waals surface area contributed by atoms with Crippen LogP contribution in [0.5, 0.6) is 0 Å². The number of piperidine rings is 1. The monoisotopic (exact) mass is 359 g/mol. The van der Waals surface area contributed by atoms with Crippen molar-refractivity contribution in [1.29, 1.82) is 0 Å². The Hall–Kier alpha value is -2.04. The number of nitrogens with zero attached hydrogens (tertiary/aromatic N) is 1. The molecule has 1 saturated heterocycles. The van der Waals surface area contributed by atoms with E-state index in [-0.39, 0.29) is 11.8 Å². The van der Waals surface area contributed by atoms with Crippen LogP contribution in [0, 0.1) is 0 Å². The first kappa shape index (κ1) is 20.3. The lowest BCUT2D eigenvalue weighted by atomic mass is 10.1. The van der Waals surface area contributed by atoms with Gasteiger partial charge in [0.2, 0.25) is 5.91 Å². The Morgan fingerprint density at radius 3 is 2.50 bits per heavy atom. The minimum atomic E-state index is -0.0606. The van der Waals surface area contributed by atoms with E-state index < -0.39 is 0 Å². The molecule has 2 rings (SSSR count). The van der Waals surface area contributed by atoms with Gasteiger partial charge in [-0.15, -0.1) is 0 Å². The molecule has 0 bridgehead atoms. The fraction of sp³-hybridized carbons (Fsp3) is 0.619. The molecule has 0 saturated carbocycles. The SMILES string of the molecule is CCCCCC(=O)Nc1ccc(N2CCCCC2)c(C(=O)NCCC)c1. The van der Waals surface area contributed by atoms with Crippen LogP contribution in [-0.4, -0.2) is 31.4 Å². The number of hydrogen-bond acceptors (Lipinski definition) is 3. The second-order valence-corrected chi connectivity index (χ2v) is 7.04. The molecule has 5 heteroatoms. The Labute approximate surface area is 157 Å². The van der Waals surface area contributed by atoms with Crippen molar-refractivity contribution in [2.45, 2.75) is 65.2 Å². The van der Waals surface area contributed by atoms with Gasteiger partial charge in [0.15, 0.2) is 0 Å². The molecule has 0 aliphatic carbocycles. The van der Waals surface area contributed by atoms with E-state index in [1.165, 1.54) is 6.42 Å². The van der Waals surface area contributed by atoms with Crippen molar-refractivity contribution in [3.63, 3.8) is 0 Å². The van der Waals surface area contributed by atoms with Crippen LogP contribution < -0.4 is 15.5 Å². The molecular formula is C21H33N3O2. The number of rotatable bonds is 9. The van der Waals surface area contributed by atoms with Crippen LogP contribution in [0.1, 0.15) is 75.6 Å². The lowest BCUT2D eigenvalue weighted by Gasteiger charge is -2.30. The summed E-state index contributed by atoms with van der Waals surface area (Å²) in [5, 5.41) is 5.92. The summed E-state index contributed by atoms with van der Waals surface area (Å²) in [5.41, 5.74) is 2.34. The van der Waals surface area contributed by atoms with E-state index >= 15 is 0 Å². The van der Waals surface area contributed by atoms with Crippen LogP contribution in [0.15, 0.2) is 18.2 Å². The van der Waals surface area contributed by atoms with Gasteiger partial charge in [-0.05, 0) is 50.3 Å². The van der Waals surface area contributed by atoms with Crippen molar-refractivity contribution >= 4 is 23.2 Å². The van der Waals surface area contributed by atoms with Crippen LogP contribution in [0.4, 0.5) is 11.4 Å². The van der Waals surface area contributed by atoms with Crippen molar-refractivity contribution in [2.75, 3.05) is 29.9 Å². The van der Waals surface area contributed by atoms with Gasteiger partial charge in [0.05, 0.1) is 5.56 Å². The molecule has 1 aliphatic rings. The van der Waals surface area contributed by atoms with E-state index in [9.17, 15) is 9.59 Å². The van der Waals surface area contributed by atoms with E-state index in [1.807, 2.05) is 25.1 Å². The molecule has 5 nitrogen and oxygen atoms in total. The van der Waals surface area contributed by atoms with Crippen molar-refractivity contribution in [3.05, 3.63) is 23.8 Å². The Morgan fingerprint density at radius 1 is 1.04 bits per heavy atom. The molecule has 0 atom stereocenters. The highest BCUT2D eigenvalue weighted by molar-refractivity contribution is 6.02. The molecule has 1 heterocycles. The summed E-state index contributed by atoms with van der Waals surface area (Å²) in [4.78, 5) is 27.1. The van der Waals surface area contributed by atoms with E-state index in [2.05, 4.69) is 22.5 Å². The van der Waals surface area contributed by atoms with Crippen molar-refractivity contribution < 1.29 is 9.59 Å². The maximum absolute atomic E-state index is 12.7. The number of benzene rings is 1. The quantitative estimate of drug-likeness (QED) is 0.645. The third-order valence-electron chi connectivity index (χ3n) is 4.76. The summed E-state index contributed by atoms with van der Waals surface area (Å²) in [6.45, 7) is 6.79. The number of nitrogens with one attached hydrogen (secondary N) is 2. The molecule has 0 aromatic heterocycles. The van der Waals surface area contributed by atoms with Crippen LogP contribution in [-0.2, 0) is 4.79 Å². The fourth-order valence-electron chi connectivity index (χ4n) is 3.30. The van der Waals surface area contributed by atoms with E-state index in [0.717, 1.165) is 57.3 Å². The van der Waals surface area contributed by atoms with Gasteiger partial charge in [0.25, 0.3) is 5.91 Å². The van der Waals surface area contributed by atoms with Gasteiger partial charge in [0.1, 0.15) is 0 Å². The van der Waals surface area contributed by atoms with Gasteiger partial charge in [-0.3, -0.25) is 9.59 Å². The summed E-state index contributed by atoms with van der Waals surface area (Å²) >= 11 is 0. The minimum Gasteiger partial charge on any atom is -0.371 e. The molecule has 144 valence electrons. The van der Waals surface area contributed by atoms with Gasteiger partial charge in [0, 0.05) is 37.4 Å². The fourth-order valence-corrected chi connectivity index (χ4v) is 3.30. The number of amides is 2. The summed E-state index contributed by atoms with van der Waals surface area (Å²) in [6.07, 6.45) is 8.05. The Balaban J connectivity index is 2.15. The number of hydrogen-bond donors (Lipinski definition) is 2. The molecule has 0 radical (unpaired) electrons. The predicted molar refractivity (Wildman–Crippen MR) is 108 cm³/mol. The zero-order chi connectivity index (χ0) is 18.8. The second kappa shape index (κ2) is 10.8. The van der Waals surface area contributed by atoms with Crippen LogP contribution in [0.2, 0.25) is 0 Å². The molecule has 1 aromatic rings. The first-order chi connectivity index (χ1) is 12.7. The summed E-state index contributed by atoms with van der Waals surface area (Å²) in [6, 6.07) is 5.72. The lowest BCUT2D eigenvalue weighted by molar-refractivity contribution is -0.116. The van der Waals surface area contributed by atoms with Gasteiger partial charge in [-0.25, -0.2) is 0 Å². The number of unbranched alkanes of at least 4 members (excludes halogenated alkanes) is 2. The molecule has 1 aliphatic heterocycles. The molecule has 1 aromatic carbocycles. The van der Waals surface area contributed by atoms with Gasteiger partial charge in [-0.1, -0.05) is 26.7 Å². The Bertz CT molecular complexity index is 595. The number of anilines is 2. The van der Waals surface area contributed by atoms with Gasteiger partial charge in [-0.2, -0.15) is 0 Å². The van der Waals surface area contributed by atoms with E-state index in [4.69, 9.17) is 0 Å². The lowest BCUT2D eigenvalue weighted by Crippen LogP contribution is -2.33. The van der Waals surface area contributed by atoms with Crippen LogP contribution >= 0.6 is 0 Å². The van der Waals surface area contributed by atoms with Gasteiger partial charge >= 0.3 is 0 Å². The standard InChI is InChI=1S/C21H33N3O2/c1-3-5-7-10-20(25)23-17-11-12-19(24-14-8-6-9-15-24)18(16-17)21(26)22-13-4-2/h11-12,16H,3-10,13-15H2,1-2H3,(H,22,26)(H,23,25). The maximum Gasteiger partial charge on any atom is 0.253 e. The first-order valence-corrected chi connectivity index (χ1v) is 10.1. The highest BCUT2D eigenvalue weighted by atomic mass is 16.2. The van der Waals surface area contributed by atoms with Crippen LogP contribution in [0.3, 0.4) is 0 Å². The van der Waals surface area contributed by atoms with E-state index in [1.54, 1.807) is 0 Å². The molecule has 2 amide bonds. The van der Waals surface area contributed by atoms with E-state index in [0.29, 0.717) is 24.2 Å². The molecule has 26 heavy (non-hydrogen) atoms.